The van der Waals surface area contributed by atoms with Crippen molar-refractivity contribution in [2.24, 2.45) is 5.41 Å². The Morgan fingerprint density at radius 2 is 1.95 bits per heavy atom. The highest BCUT2D eigenvalue weighted by atomic mass is 35.5. The number of piperidine rings is 1. The van der Waals surface area contributed by atoms with Gasteiger partial charge in [-0.15, -0.1) is 12.4 Å². The number of hydrogen-bond donors (Lipinski definition) is 2. The third kappa shape index (κ3) is 4.81. The van der Waals surface area contributed by atoms with Gasteiger partial charge in [-0.3, -0.25) is 4.79 Å². The molecule has 2 aliphatic rings. The van der Waals surface area contributed by atoms with Crippen LogP contribution in [0.1, 0.15) is 32.6 Å². The predicted octanol–water partition coefficient (Wildman–Crippen LogP) is 0.340. The predicted molar refractivity (Wildman–Crippen MR) is 85.1 cm³/mol. The topological polar surface area (TPSA) is 78.5 Å². The molecule has 2 fully saturated rings. The maximum atomic E-state index is 12.2. The minimum absolute atomic E-state index is 0. The van der Waals surface area contributed by atoms with E-state index in [2.05, 4.69) is 10.6 Å². The van der Waals surface area contributed by atoms with Crippen molar-refractivity contribution in [2.45, 2.75) is 32.6 Å². The molecule has 2 heterocycles. The zero-order valence-corrected chi connectivity index (χ0v) is 14.2. The zero-order valence-electron chi connectivity index (χ0n) is 12.6. The van der Waals surface area contributed by atoms with Crippen LogP contribution in [-0.2, 0) is 14.8 Å². The molecule has 0 bridgehead atoms. The van der Waals surface area contributed by atoms with Crippen molar-refractivity contribution in [3.63, 3.8) is 0 Å². The molecule has 1 unspecified atom stereocenters. The Balaban J connectivity index is 0.00000220. The van der Waals surface area contributed by atoms with Crippen molar-refractivity contribution in [1.82, 2.24) is 14.9 Å². The minimum Gasteiger partial charge on any atom is -0.355 e. The molecule has 2 saturated heterocycles. The number of amides is 1. The van der Waals surface area contributed by atoms with Crippen molar-refractivity contribution < 1.29 is 13.2 Å². The van der Waals surface area contributed by atoms with Crippen LogP contribution in [0.4, 0.5) is 0 Å². The summed E-state index contributed by atoms with van der Waals surface area (Å²) in [5.74, 6) is -0.0382. The van der Waals surface area contributed by atoms with E-state index in [0.717, 1.165) is 32.2 Å². The maximum absolute atomic E-state index is 12.2. The van der Waals surface area contributed by atoms with Crippen molar-refractivity contribution in [3.8, 4) is 0 Å². The standard InChI is InChI=1S/C13H25N3O3S.ClH/c1-13(5-4-6-14-11-13)12(17)15-7-10-20(18,19)16-8-2-3-9-16;/h14H,2-11H2,1H3,(H,15,17);1H. The van der Waals surface area contributed by atoms with Gasteiger partial charge in [-0.05, 0) is 39.2 Å². The molecule has 0 aromatic heterocycles. The molecule has 2 aliphatic heterocycles. The summed E-state index contributed by atoms with van der Waals surface area (Å²) in [6, 6.07) is 0. The second kappa shape index (κ2) is 7.76. The van der Waals surface area contributed by atoms with E-state index in [4.69, 9.17) is 0 Å². The maximum Gasteiger partial charge on any atom is 0.227 e. The van der Waals surface area contributed by atoms with Crippen LogP contribution in [0.3, 0.4) is 0 Å². The highest BCUT2D eigenvalue weighted by molar-refractivity contribution is 7.89. The van der Waals surface area contributed by atoms with Crippen molar-refractivity contribution in [2.75, 3.05) is 38.5 Å². The SMILES string of the molecule is CC1(C(=O)NCCS(=O)(=O)N2CCCC2)CCCNC1.Cl. The summed E-state index contributed by atoms with van der Waals surface area (Å²) >= 11 is 0. The normalized spacial score (nSPS) is 27.1. The summed E-state index contributed by atoms with van der Waals surface area (Å²) < 4.78 is 25.6. The fourth-order valence-corrected chi connectivity index (χ4v) is 4.29. The fraction of sp³-hybridized carbons (Fsp3) is 0.923. The number of nitrogens with zero attached hydrogens (tertiary/aromatic N) is 1. The molecule has 1 amide bonds. The van der Waals surface area contributed by atoms with Gasteiger partial charge in [-0.25, -0.2) is 12.7 Å². The van der Waals surface area contributed by atoms with E-state index in [1.165, 1.54) is 4.31 Å². The molecule has 0 radical (unpaired) electrons. The molecule has 0 saturated carbocycles. The number of rotatable bonds is 5. The molecule has 0 aromatic rings. The van der Waals surface area contributed by atoms with Crippen LogP contribution in [0.5, 0.6) is 0 Å². The number of halogens is 1. The Morgan fingerprint density at radius 1 is 1.29 bits per heavy atom. The van der Waals surface area contributed by atoms with Crippen LogP contribution in [0.15, 0.2) is 0 Å². The van der Waals surface area contributed by atoms with E-state index in [0.29, 0.717) is 19.6 Å². The lowest BCUT2D eigenvalue weighted by molar-refractivity contribution is -0.130. The highest BCUT2D eigenvalue weighted by Crippen LogP contribution is 2.25. The van der Waals surface area contributed by atoms with Crippen LogP contribution >= 0.6 is 12.4 Å². The molecule has 8 heteroatoms. The van der Waals surface area contributed by atoms with Gasteiger partial charge in [0, 0.05) is 26.2 Å². The summed E-state index contributed by atoms with van der Waals surface area (Å²) in [7, 11) is -3.20. The fourth-order valence-electron chi connectivity index (χ4n) is 2.85. The van der Waals surface area contributed by atoms with E-state index in [-0.39, 0.29) is 30.6 Å². The molecular weight excluding hydrogens is 314 g/mol. The van der Waals surface area contributed by atoms with E-state index in [1.54, 1.807) is 0 Å². The summed E-state index contributed by atoms with van der Waals surface area (Å²) in [5.41, 5.74) is -0.407. The number of hydrogen-bond acceptors (Lipinski definition) is 4. The Bertz CT molecular complexity index is 444. The van der Waals surface area contributed by atoms with Gasteiger partial charge in [-0.1, -0.05) is 0 Å². The molecular formula is C13H26ClN3O3S. The van der Waals surface area contributed by atoms with E-state index >= 15 is 0 Å². The lowest BCUT2D eigenvalue weighted by atomic mass is 9.82. The van der Waals surface area contributed by atoms with Crippen molar-refractivity contribution in [3.05, 3.63) is 0 Å². The largest absolute Gasteiger partial charge is 0.355 e. The summed E-state index contributed by atoms with van der Waals surface area (Å²) in [6.45, 7) is 5.00. The first-order valence-electron chi connectivity index (χ1n) is 7.41. The van der Waals surface area contributed by atoms with Crippen LogP contribution in [0.2, 0.25) is 0 Å². The molecule has 0 aliphatic carbocycles. The lowest BCUT2D eigenvalue weighted by Gasteiger charge is -2.32. The highest BCUT2D eigenvalue weighted by Gasteiger charge is 2.34. The van der Waals surface area contributed by atoms with Crippen LogP contribution in [-0.4, -0.2) is 57.1 Å². The molecule has 124 valence electrons. The molecule has 0 spiro atoms. The molecule has 0 aromatic carbocycles. The Kier molecular flexibility index (Phi) is 6.90. The van der Waals surface area contributed by atoms with E-state index in [9.17, 15) is 13.2 Å². The first kappa shape index (κ1) is 18.7. The van der Waals surface area contributed by atoms with Crippen LogP contribution in [0, 0.1) is 5.41 Å². The summed E-state index contributed by atoms with van der Waals surface area (Å²) in [6.07, 6.45) is 3.71. The van der Waals surface area contributed by atoms with E-state index in [1.807, 2.05) is 6.92 Å². The minimum atomic E-state index is -3.20. The monoisotopic (exact) mass is 339 g/mol. The third-order valence-electron chi connectivity index (χ3n) is 4.25. The molecule has 2 N–H and O–H groups in total. The second-order valence-electron chi connectivity index (χ2n) is 6.02. The van der Waals surface area contributed by atoms with Gasteiger partial charge in [0.05, 0.1) is 11.2 Å². The van der Waals surface area contributed by atoms with Gasteiger partial charge in [0.2, 0.25) is 15.9 Å². The average molecular weight is 340 g/mol. The number of carbonyl (C=O) groups is 1. The average Bonchev–Trinajstić information content (AvgIpc) is 2.94. The van der Waals surface area contributed by atoms with Crippen molar-refractivity contribution >= 4 is 28.3 Å². The van der Waals surface area contributed by atoms with Crippen LogP contribution < -0.4 is 10.6 Å². The molecule has 6 nitrogen and oxygen atoms in total. The van der Waals surface area contributed by atoms with Gasteiger partial charge >= 0.3 is 0 Å². The number of nitrogens with one attached hydrogen (secondary N) is 2. The summed E-state index contributed by atoms with van der Waals surface area (Å²) in [5, 5.41) is 6.01. The number of sulfonamides is 1. The Labute approximate surface area is 133 Å². The van der Waals surface area contributed by atoms with Gasteiger partial charge in [0.15, 0.2) is 0 Å². The smallest absolute Gasteiger partial charge is 0.227 e. The van der Waals surface area contributed by atoms with Gasteiger partial charge in [0.1, 0.15) is 0 Å². The molecule has 2 rings (SSSR count). The van der Waals surface area contributed by atoms with Gasteiger partial charge < -0.3 is 10.6 Å². The Morgan fingerprint density at radius 3 is 2.52 bits per heavy atom. The van der Waals surface area contributed by atoms with Crippen molar-refractivity contribution in [1.29, 1.82) is 0 Å². The Hall–Kier alpha value is -0.370. The zero-order chi connectivity index (χ0) is 14.6. The first-order chi connectivity index (χ1) is 9.44. The quantitative estimate of drug-likeness (QED) is 0.757. The van der Waals surface area contributed by atoms with E-state index < -0.39 is 15.4 Å². The molecule has 21 heavy (non-hydrogen) atoms. The molecule has 1 atom stereocenters. The first-order valence-corrected chi connectivity index (χ1v) is 9.02. The second-order valence-corrected chi connectivity index (χ2v) is 8.11. The summed E-state index contributed by atoms with van der Waals surface area (Å²) in [4.78, 5) is 12.2. The van der Waals surface area contributed by atoms with Gasteiger partial charge in [-0.2, -0.15) is 0 Å². The third-order valence-corrected chi connectivity index (χ3v) is 6.12. The number of carbonyl (C=O) groups excluding carboxylic acids is 1. The lowest BCUT2D eigenvalue weighted by Crippen LogP contribution is -2.49. The van der Waals surface area contributed by atoms with Crippen LogP contribution in [0.25, 0.3) is 0 Å². The van der Waals surface area contributed by atoms with Gasteiger partial charge in [0.25, 0.3) is 0 Å².